The summed E-state index contributed by atoms with van der Waals surface area (Å²) in [6.07, 6.45) is 4.31. The fraction of sp³-hybridized carbons (Fsp3) is 0.0698. The van der Waals surface area contributed by atoms with Gasteiger partial charge in [-0.25, -0.2) is 0 Å². The van der Waals surface area contributed by atoms with Crippen LogP contribution in [-0.2, 0) is 6.42 Å². The van der Waals surface area contributed by atoms with Crippen molar-refractivity contribution in [3.05, 3.63) is 181 Å². The zero-order chi connectivity index (χ0) is 30.2. The van der Waals surface area contributed by atoms with E-state index in [4.69, 9.17) is 0 Å². The van der Waals surface area contributed by atoms with Gasteiger partial charge in [0.25, 0.3) is 0 Å². The van der Waals surface area contributed by atoms with Crippen molar-refractivity contribution in [3.63, 3.8) is 0 Å². The lowest BCUT2D eigenvalue weighted by Gasteiger charge is -2.30. The van der Waals surface area contributed by atoms with Crippen LogP contribution in [0.15, 0.2) is 170 Å². The Kier molecular flexibility index (Phi) is 6.88. The molecule has 0 amide bonds. The highest BCUT2D eigenvalue weighted by Crippen LogP contribution is 2.46. The van der Waals surface area contributed by atoms with Gasteiger partial charge in [0, 0.05) is 40.5 Å². The fourth-order valence-corrected chi connectivity index (χ4v) is 6.91. The number of hydrogen-bond donors (Lipinski definition) is 0. The zero-order valence-corrected chi connectivity index (χ0v) is 25.2. The minimum atomic E-state index is 0.923. The van der Waals surface area contributed by atoms with E-state index in [1.54, 1.807) is 0 Å². The summed E-state index contributed by atoms with van der Waals surface area (Å²) in [6.45, 7) is 5.56. The monoisotopic (exact) mass is 578 g/mol. The summed E-state index contributed by atoms with van der Waals surface area (Å²) in [5.74, 6) is 0. The average molecular weight is 579 g/mol. The number of rotatable bonds is 5. The van der Waals surface area contributed by atoms with E-state index in [9.17, 15) is 0 Å². The van der Waals surface area contributed by atoms with Crippen LogP contribution < -0.4 is 9.80 Å². The molecule has 2 aliphatic rings. The highest BCUT2D eigenvalue weighted by molar-refractivity contribution is 5.98. The maximum atomic E-state index is 4.63. The molecule has 6 aromatic carbocycles. The molecule has 0 aromatic heterocycles. The van der Waals surface area contributed by atoms with Gasteiger partial charge in [-0.05, 0) is 106 Å². The van der Waals surface area contributed by atoms with Gasteiger partial charge in [0.05, 0.1) is 0 Å². The molecule has 1 aliphatic heterocycles. The Morgan fingerprint density at radius 2 is 1.11 bits per heavy atom. The van der Waals surface area contributed by atoms with Crippen molar-refractivity contribution in [1.29, 1.82) is 0 Å². The molecule has 45 heavy (non-hydrogen) atoms. The van der Waals surface area contributed by atoms with Crippen LogP contribution in [0.1, 0.15) is 17.5 Å². The van der Waals surface area contributed by atoms with E-state index in [0.717, 1.165) is 42.0 Å². The molecular formula is C43H34N2. The molecule has 2 bridgehead atoms. The molecule has 6 aromatic rings. The normalized spacial score (nSPS) is 14.8. The van der Waals surface area contributed by atoms with Gasteiger partial charge in [-0.3, -0.25) is 0 Å². The number of nitrogens with zero attached hydrogens (tertiary/aromatic N) is 2. The largest absolute Gasteiger partial charge is 0.341 e. The Morgan fingerprint density at radius 1 is 0.533 bits per heavy atom. The molecule has 0 saturated carbocycles. The second-order valence-corrected chi connectivity index (χ2v) is 11.8. The van der Waals surface area contributed by atoms with E-state index in [1.807, 2.05) is 0 Å². The van der Waals surface area contributed by atoms with Crippen LogP contribution in [-0.4, -0.2) is 6.54 Å². The summed E-state index contributed by atoms with van der Waals surface area (Å²) < 4.78 is 0. The average Bonchev–Trinajstić information content (AvgIpc) is 3.22. The molecule has 1 heterocycles. The molecule has 0 fully saturated rings. The van der Waals surface area contributed by atoms with E-state index in [2.05, 4.69) is 174 Å². The third-order valence-corrected chi connectivity index (χ3v) is 9.12. The van der Waals surface area contributed by atoms with Crippen LogP contribution >= 0.6 is 0 Å². The van der Waals surface area contributed by atoms with Gasteiger partial charge < -0.3 is 9.80 Å². The van der Waals surface area contributed by atoms with Gasteiger partial charge in [0.2, 0.25) is 0 Å². The Labute approximate surface area is 265 Å². The van der Waals surface area contributed by atoms with Gasteiger partial charge >= 0.3 is 0 Å². The van der Waals surface area contributed by atoms with Crippen LogP contribution in [0.25, 0.3) is 27.8 Å². The zero-order valence-electron chi connectivity index (χ0n) is 25.2. The van der Waals surface area contributed by atoms with Crippen LogP contribution in [0, 0.1) is 0 Å². The minimum absolute atomic E-state index is 0.923. The smallest absolute Gasteiger partial charge is 0.0496 e. The number of hydrogen-bond acceptors (Lipinski definition) is 2. The number of fused-ring (bicyclic) bond motifs is 3. The second kappa shape index (κ2) is 11.5. The van der Waals surface area contributed by atoms with E-state index in [1.165, 1.54) is 50.3 Å². The van der Waals surface area contributed by atoms with Gasteiger partial charge in [0.1, 0.15) is 0 Å². The first-order chi connectivity index (χ1) is 22.2. The quantitative estimate of drug-likeness (QED) is 0.201. The first-order valence-corrected chi connectivity index (χ1v) is 15.7. The lowest BCUT2D eigenvalue weighted by Crippen LogP contribution is -2.21. The lowest BCUT2D eigenvalue weighted by molar-refractivity contribution is 0.926. The molecule has 0 radical (unpaired) electrons. The molecule has 0 spiro atoms. The summed E-state index contributed by atoms with van der Waals surface area (Å²) in [6, 6.07) is 54.5. The van der Waals surface area contributed by atoms with Gasteiger partial charge in [0.15, 0.2) is 0 Å². The molecule has 8 rings (SSSR count). The maximum Gasteiger partial charge on any atom is 0.0496 e. The van der Waals surface area contributed by atoms with Gasteiger partial charge in [-0.15, -0.1) is 0 Å². The summed E-state index contributed by atoms with van der Waals surface area (Å²) in [4.78, 5) is 4.76. The van der Waals surface area contributed by atoms with E-state index >= 15 is 0 Å². The van der Waals surface area contributed by atoms with E-state index in [0.29, 0.717) is 0 Å². The van der Waals surface area contributed by atoms with Crippen LogP contribution in [0.3, 0.4) is 0 Å². The summed E-state index contributed by atoms with van der Waals surface area (Å²) in [5, 5.41) is 0. The van der Waals surface area contributed by atoms with Crippen LogP contribution in [0.2, 0.25) is 0 Å². The first-order valence-electron chi connectivity index (χ1n) is 15.7. The van der Waals surface area contributed by atoms with Crippen LogP contribution in [0.4, 0.5) is 28.4 Å². The highest BCUT2D eigenvalue weighted by Gasteiger charge is 2.26. The maximum absolute atomic E-state index is 4.63. The Hall–Kier alpha value is -5.60. The number of anilines is 5. The van der Waals surface area contributed by atoms with Crippen molar-refractivity contribution >= 4 is 34.0 Å². The van der Waals surface area contributed by atoms with E-state index in [-0.39, 0.29) is 0 Å². The van der Waals surface area contributed by atoms with Crippen molar-refractivity contribution in [1.82, 2.24) is 0 Å². The SMILES string of the molecule is C=C1/C2=C\CCN(c3ccc(-c4ccc(N(c5ccccc5)c5ccccc5)cc4)cc3)c3cccc(c31)-c1ccccc1C2. The molecule has 0 N–H and O–H groups in total. The molecular weight excluding hydrogens is 544 g/mol. The molecule has 0 unspecified atom stereocenters. The summed E-state index contributed by atoms with van der Waals surface area (Å²) >= 11 is 0. The molecule has 216 valence electrons. The standard InChI is InChI=1S/C43H34N2/c1-31-34-13-11-29-44(42-20-10-19-41(43(31)42)40-18-9-8-12-35(40)30-34)36-25-21-32(22-26-36)33-23-27-39(28-24-33)45(37-14-4-2-5-15-37)38-16-6-3-7-17-38/h2-10,12-28H,1,11,29-30H2/b34-13-. The summed E-state index contributed by atoms with van der Waals surface area (Å²) in [7, 11) is 0. The van der Waals surface area contributed by atoms with Crippen LogP contribution in [0.5, 0.6) is 0 Å². The predicted molar refractivity (Wildman–Crippen MR) is 191 cm³/mol. The van der Waals surface area contributed by atoms with E-state index < -0.39 is 0 Å². The topological polar surface area (TPSA) is 6.48 Å². The minimum Gasteiger partial charge on any atom is -0.341 e. The van der Waals surface area contributed by atoms with Crippen molar-refractivity contribution in [2.45, 2.75) is 12.8 Å². The molecule has 1 aliphatic carbocycles. The number of allylic oxidation sites excluding steroid dienone is 2. The molecule has 0 atom stereocenters. The van der Waals surface area contributed by atoms with Crippen molar-refractivity contribution in [2.75, 3.05) is 16.3 Å². The first kappa shape index (κ1) is 27.0. The van der Waals surface area contributed by atoms with Crippen molar-refractivity contribution < 1.29 is 0 Å². The summed E-state index contributed by atoms with van der Waals surface area (Å²) in [5.41, 5.74) is 16.0. The molecule has 0 saturated heterocycles. The predicted octanol–water partition coefficient (Wildman–Crippen LogP) is 11.5. The second-order valence-electron chi connectivity index (χ2n) is 11.8. The Bertz CT molecular complexity index is 1980. The van der Waals surface area contributed by atoms with Crippen molar-refractivity contribution in [3.8, 4) is 22.3 Å². The Balaban J connectivity index is 1.12. The Morgan fingerprint density at radius 3 is 1.80 bits per heavy atom. The highest BCUT2D eigenvalue weighted by atomic mass is 15.1. The van der Waals surface area contributed by atoms with Gasteiger partial charge in [-0.2, -0.15) is 0 Å². The fourth-order valence-electron chi connectivity index (χ4n) is 6.91. The molecule has 2 nitrogen and oxygen atoms in total. The third-order valence-electron chi connectivity index (χ3n) is 9.12. The third kappa shape index (κ3) is 4.95. The lowest BCUT2D eigenvalue weighted by atomic mass is 9.90. The van der Waals surface area contributed by atoms with Crippen molar-refractivity contribution in [2.24, 2.45) is 0 Å². The number of benzene rings is 6. The van der Waals surface area contributed by atoms with Gasteiger partial charge in [-0.1, -0.05) is 110 Å². The molecule has 2 heteroatoms. The number of para-hydroxylation sites is 2.